The van der Waals surface area contributed by atoms with Crippen LogP contribution in [0, 0.1) is 6.92 Å². The van der Waals surface area contributed by atoms with E-state index in [2.05, 4.69) is 10.4 Å². The fourth-order valence-corrected chi connectivity index (χ4v) is 4.05. The number of carbonyl (C=O) groups excluding carboxylic acids is 2. The minimum Gasteiger partial charge on any atom is -0.508 e. The zero-order valence-electron chi connectivity index (χ0n) is 15.8. The molecule has 2 N–H and O–H groups in total. The molecule has 0 saturated carbocycles. The lowest BCUT2D eigenvalue weighted by molar-refractivity contribution is -0.119. The maximum Gasteiger partial charge on any atom is 0.348 e. The molecule has 0 saturated heterocycles. The predicted molar refractivity (Wildman–Crippen MR) is 116 cm³/mol. The molecule has 4 aromatic rings. The van der Waals surface area contributed by atoms with Gasteiger partial charge in [-0.2, -0.15) is 5.10 Å². The van der Waals surface area contributed by atoms with E-state index in [1.54, 1.807) is 35.0 Å². The van der Waals surface area contributed by atoms with Crippen LogP contribution >= 0.6 is 22.9 Å². The Bertz CT molecular complexity index is 1230. The van der Waals surface area contributed by atoms with Crippen molar-refractivity contribution < 1.29 is 19.4 Å². The minimum absolute atomic E-state index is 0.0941. The fourth-order valence-electron chi connectivity index (χ4n) is 2.85. The summed E-state index contributed by atoms with van der Waals surface area (Å²) < 4.78 is 6.90. The van der Waals surface area contributed by atoms with Crippen molar-refractivity contribution in [2.75, 3.05) is 11.9 Å². The molecule has 4 rings (SSSR count). The van der Waals surface area contributed by atoms with Crippen molar-refractivity contribution in [2.24, 2.45) is 0 Å². The topological polar surface area (TPSA) is 93.5 Å². The highest BCUT2D eigenvalue weighted by Gasteiger charge is 2.19. The number of ether oxygens (including phenoxy) is 1. The highest BCUT2D eigenvalue weighted by Crippen LogP contribution is 2.31. The molecule has 1 amide bonds. The number of aromatic nitrogens is 2. The summed E-state index contributed by atoms with van der Waals surface area (Å²) in [6, 6.07) is 15.0. The molecule has 152 valence electrons. The molecule has 2 aromatic carbocycles. The second-order valence-corrected chi connectivity index (χ2v) is 7.94. The van der Waals surface area contributed by atoms with Crippen molar-refractivity contribution in [3.05, 3.63) is 70.2 Å². The molecular weight excluding hydrogens is 426 g/mol. The number of halogens is 1. The summed E-state index contributed by atoms with van der Waals surface area (Å²) in [4.78, 5) is 25.6. The number of esters is 1. The van der Waals surface area contributed by atoms with Gasteiger partial charge in [-0.1, -0.05) is 11.6 Å². The molecule has 7 nitrogen and oxygen atoms in total. The third kappa shape index (κ3) is 4.14. The number of nitrogens with one attached hydrogen (secondary N) is 1. The van der Waals surface area contributed by atoms with Gasteiger partial charge in [-0.15, -0.1) is 11.3 Å². The molecule has 9 heteroatoms. The molecule has 0 aliphatic carbocycles. The highest BCUT2D eigenvalue weighted by molar-refractivity contribution is 7.20. The molecule has 0 unspecified atom stereocenters. The van der Waals surface area contributed by atoms with E-state index in [4.69, 9.17) is 16.3 Å². The van der Waals surface area contributed by atoms with Gasteiger partial charge in [-0.05, 0) is 61.5 Å². The van der Waals surface area contributed by atoms with E-state index in [0.717, 1.165) is 21.6 Å². The van der Waals surface area contributed by atoms with Crippen molar-refractivity contribution in [2.45, 2.75) is 6.92 Å². The summed E-state index contributed by atoms with van der Waals surface area (Å²) in [6.07, 6.45) is 0. The van der Waals surface area contributed by atoms with Gasteiger partial charge in [0.05, 0.1) is 11.4 Å². The smallest absolute Gasteiger partial charge is 0.348 e. The molecular formula is C21H16ClN3O4S. The van der Waals surface area contributed by atoms with Crippen molar-refractivity contribution in [3.8, 4) is 11.4 Å². The van der Waals surface area contributed by atoms with E-state index in [0.29, 0.717) is 15.6 Å². The van der Waals surface area contributed by atoms with Gasteiger partial charge in [0.1, 0.15) is 15.5 Å². The molecule has 0 radical (unpaired) electrons. The number of aryl methyl sites for hydroxylation is 1. The van der Waals surface area contributed by atoms with Gasteiger partial charge in [0.2, 0.25) is 0 Å². The van der Waals surface area contributed by atoms with Crippen LogP contribution in [0.15, 0.2) is 54.6 Å². The number of phenolic OH excluding ortho intramolecular Hbond substituents is 1. The normalized spacial score (nSPS) is 10.9. The number of rotatable bonds is 5. The Morgan fingerprint density at radius 3 is 2.57 bits per heavy atom. The zero-order chi connectivity index (χ0) is 21.3. The van der Waals surface area contributed by atoms with Crippen LogP contribution in [0.3, 0.4) is 0 Å². The third-order valence-electron chi connectivity index (χ3n) is 4.30. The van der Waals surface area contributed by atoms with Crippen LogP contribution < -0.4 is 5.32 Å². The monoisotopic (exact) mass is 441 g/mol. The summed E-state index contributed by atoms with van der Waals surface area (Å²) in [5.74, 6) is -0.963. The van der Waals surface area contributed by atoms with Gasteiger partial charge >= 0.3 is 5.97 Å². The highest BCUT2D eigenvalue weighted by atomic mass is 35.5. The second-order valence-electron chi connectivity index (χ2n) is 6.47. The van der Waals surface area contributed by atoms with E-state index < -0.39 is 18.5 Å². The predicted octanol–water partition coefficient (Wildman–Crippen LogP) is 4.55. The lowest BCUT2D eigenvalue weighted by Gasteiger charge is -2.06. The molecule has 2 aromatic heterocycles. The summed E-state index contributed by atoms with van der Waals surface area (Å²) in [6.45, 7) is 1.44. The number of anilines is 1. The maximum atomic E-state index is 12.4. The number of hydrogen-bond donors (Lipinski definition) is 2. The number of carbonyl (C=O) groups is 2. The summed E-state index contributed by atoms with van der Waals surface area (Å²) in [5, 5.41) is 17.9. The summed E-state index contributed by atoms with van der Waals surface area (Å²) in [7, 11) is 0. The maximum absolute atomic E-state index is 12.4. The fraction of sp³-hybridized carbons (Fsp3) is 0.0952. The van der Waals surface area contributed by atoms with Crippen LogP contribution in [-0.4, -0.2) is 33.4 Å². The Hall–Kier alpha value is -3.36. The number of thiophene rings is 1. The van der Waals surface area contributed by atoms with Gasteiger partial charge in [0, 0.05) is 16.1 Å². The van der Waals surface area contributed by atoms with Crippen LogP contribution in [-0.2, 0) is 9.53 Å². The first-order valence-corrected chi connectivity index (χ1v) is 10.1. The van der Waals surface area contributed by atoms with Crippen molar-refractivity contribution >= 4 is 50.7 Å². The Morgan fingerprint density at radius 1 is 1.17 bits per heavy atom. The van der Waals surface area contributed by atoms with E-state index in [1.165, 1.54) is 23.5 Å². The molecule has 0 atom stereocenters. The number of aromatic hydroxyl groups is 1. The number of amides is 1. The van der Waals surface area contributed by atoms with Gasteiger partial charge in [0.15, 0.2) is 6.61 Å². The molecule has 0 spiro atoms. The quantitative estimate of drug-likeness (QED) is 0.350. The van der Waals surface area contributed by atoms with E-state index in [1.807, 2.05) is 19.1 Å². The lowest BCUT2D eigenvalue weighted by atomic mass is 10.3. The van der Waals surface area contributed by atoms with Crippen molar-refractivity contribution in [1.29, 1.82) is 0 Å². The van der Waals surface area contributed by atoms with Crippen molar-refractivity contribution in [1.82, 2.24) is 9.78 Å². The van der Waals surface area contributed by atoms with Gasteiger partial charge < -0.3 is 15.2 Å². The Kier molecular flexibility index (Phi) is 5.43. The average molecular weight is 442 g/mol. The zero-order valence-corrected chi connectivity index (χ0v) is 17.3. The van der Waals surface area contributed by atoms with E-state index >= 15 is 0 Å². The van der Waals surface area contributed by atoms with Crippen LogP contribution in [0.25, 0.3) is 15.9 Å². The number of nitrogens with zero attached hydrogens (tertiary/aromatic N) is 2. The third-order valence-corrected chi connectivity index (χ3v) is 5.65. The lowest BCUT2D eigenvalue weighted by Crippen LogP contribution is -2.20. The minimum atomic E-state index is -0.584. The number of fused-ring (bicyclic) bond motifs is 1. The van der Waals surface area contributed by atoms with Crippen LogP contribution in [0.5, 0.6) is 5.75 Å². The van der Waals surface area contributed by atoms with Gasteiger partial charge in [-0.25, -0.2) is 9.48 Å². The standard InChI is InChI=1S/C21H16ClN3O4S/c1-12-17-10-18(30-20(17)25(24-12)15-6-2-13(22)3-7-15)21(28)29-11-19(27)23-14-4-8-16(26)9-5-14/h2-10,26H,11H2,1H3,(H,23,27). The second kappa shape index (κ2) is 8.17. The van der Waals surface area contributed by atoms with Crippen LogP contribution in [0.2, 0.25) is 5.02 Å². The number of hydrogen-bond acceptors (Lipinski definition) is 6. The first-order valence-electron chi connectivity index (χ1n) is 8.92. The summed E-state index contributed by atoms with van der Waals surface area (Å²) >= 11 is 7.20. The SMILES string of the molecule is Cc1nn(-c2ccc(Cl)cc2)c2sc(C(=O)OCC(=O)Nc3ccc(O)cc3)cc12. The first-order chi connectivity index (χ1) is 14.4. The van der Waals surface area contributed by atoms with Crippen molar-refractivity contribution in [3.63, 3.8) is 0 Å². The Morgan fingerprint density at radius 2 is 1.87 bits per heavy atom. The van der Waals surface area contributed by atoms with Gasteiger partial charge in [-0.3, -0.25) is 4.79 Å². The van der Waals surface area contributed by atoms with Gasteiger partial charge in [0.25, 0.3) is 5.91 Å². The number of phenols is 1. The number of benzene rings is 2. The Balaban J connectivity index is 1.47. The molecule has 0 aliphatic rings. The van der Waals surface area contributed by atoms with Crippen LogP contribution in [0.4, 0.5) is 5.69 Å². The molecule has 0 aliphatic heterocycles. The Labute approximate surface area is 180 Å². The largest absolute Gasteiger partial charge is 0.508 e. The molecule has 0 fully saturated rings. The van der Waals surface area contributed by atoms with E-state index in [-0.39, 0.29) is 5.75 Å². The summed E-state index contributed by atoms with van der Waals surface area (Å²) in [5.41, 5.74) is 2.10. The van der Waals surface area contributed by atoms with Crippen LogP contribution in [0.1, 0.15) is 15.4 Å². The average Bonchev–Trinajstić information content (AvgIpc) is 3.29. The first kappa shape index (κ1) is 19.9. The molecule has 0 bridgehead atoms. The molecule has 30 heavy (non-hydrogen) atoms. The molecule has 2 heterocycles. The van der Waals surface area contributed by atoms with E-state index in [9.17, 15) is 14.7 Å².